The van der Waals surface area contributed by atoms with E-state index >= 15 is 0 Å². The van der Waals surface area contributed by atoms with E-state index in [2.05, 4.69) is 31.1 Å². The van der Waals surface area contributed by atoms with Crippen molar-refractivity contribution in [2.24, 2.45) is 5.92 Å². The Bertz CT molecular complexity index is 430. The summed E-state index contributed by atoms with van der Waals surface area (Å²) in [4.78, 5) is 15.4. The van der Waals surface area contributed by atoms with Crippen LogP contribution < -0.4 is 5.32 Å². The van der Waals surface area contributed by atoms with Gasteiger partial charge in [-0.1, -0.05) is 26.7 Å². The van der Waals surface area contributed by atoms with E-state index in [1.807, 2.05) is 0 Å². The highest BCUT2D eigenvalue weighted by molar-refractivity contribution is 5.94. The predicted octanol–water partition coefficient (Wildman–Crippen LogP) is 3.71. The molecule has 106 valence electrons. The Morgan fingerprint density at radius 2 is 2.05 bits per heavy atom. The van der Waals surface area contributed by atoms with Gasteiger partial charge in [0, 0.05) is 12.2 Å². The minimum absolute atomic E-state index is 0.228. The minimum Gasteiger partial charge on any atom is -0.478 e. The first-order valence-corrected chi connectivity index (χ1v) is 6.87. The summed E-state index contributed by atoms with van der Waals surface area (Å²) in [5.74, 6) is 0.255. The second-order valence-electron chi connectivity index (χ2n) is 5.53. The summed E-state index contributed by atoms with van der Waals surface area (Å²) < 4.78 is 0. The molecule has 2 N–H and O–H groups in total. The number of hydrogen-bond acceptors (Lipinski definition) is 3. The Morgan fingerprint density at radius 1 is 1.37 bits per heavy atom. The number of carboxylic acid groups (broad SMARTS) is 1. The molecule has 4 nitrogen and oxygen atoms in total. The molecule has 19 heavy (non-hydrogen) atoms. The number of pyridine rings is 1. The summed E-state index contributed by atoms with van der Waals surface area (Å²) in [6.07, 6.45) is 5.00. The number of carbonyl (C=O) groups is 1. The molecule has 0 aliphatic rings. The van der Waals surface area contributed by atoms with Gasteiger partial charge >= 0.3 is 5.97 Å². The number of carboxylic acids is 1. The molecule has 0 aliphatic carbocycles. The van der Waals surface area contributed by atoms with E-state index in [9.17, 15) is 9.90 Å². The Kier molecular flexibility index (Phi) is 5.80. The van der Waals surface area contributed by atoms with E-state index < -0.39 is 5.97 Å². The summed E-state index contributed by atoms with van der Waals surface area (Å²) in [5.41, 5.74) is 1.01. The number of nitrogens with one attached hydrogen (secondary N) is 1. The van der Waals surface area contributed by atoms with Gasteiger partial charge in [0.05, 0.1) is 0 Å². The van der Waals surface area contributed by atoms with Crippen LogP contribution in [-0.4, -0.2) is 22.1 Å². The smallest absolute Gasteiger partial charge is 0.339 e. The molecule has 1 aromatic heterocycles. The van der Waals surface area contributed by atoms with E-state index in [0.29, 0.717) is 11.7 Å². The zero-order chi connectivity index (χ0) is 14.4. The lowest BCUT2D eigenvalue weighted by Gasteiger charge is -2.17. The maximum absolute atomic E-state index is 11.2. The zero-order valence-corrected chi connectivity index (χ0v) is 12.2. The fraction of sp³-hybridized carbons (Fsp3) is 0.600. The molecule has 0 aromatic carbocycles. The Labute approximate surface area is 115 Å². The molecule has 0 saturated heterocycles. The minimum atomic E-state index is -0.928. The van der Waals surface area contributed by atoms with Crippen LogP contribution in [0.25, 0.3) is 0 Å². The van der Waals surface area contributed by atoms with Crippen molar-refractivity contribution in [1.29, 1.82) is 0 Å². The first-order chi connectivity index (χ1) is 8.91. The molecule has 1 aromatic rings. The van der Waals surface area contributed by atoms with Crippen LogP contribution in [0.2, 0.25) is 0 Å². The number of nitrogens with zero attached hydrogens (tertiary/aromatic N) is 1. The molecule has 0 bridgehead atoms. The quantitative estimate of drug-likeness (QED) is 0.788. The molecule has 1 atom stereocenters. The van der Waals surface area contributed by atoms with E-state index in [0.717, 1.165) is 18.4 Å². The molecule has 1 unspecified atom stereocenters. The standard InChI is InChI=1S/C15H24N2O2/c1-10(2)6-5-7-12(4)17-14-13(15(18)19)11(3)8-9-16-14/h8-10,12H,5-7H2,1-4H3,(H,16,17)(H,18,19). The number of anilines is 1. The van der Waals surface area contributed by atoms with Gasteiger partial charge in [0.2, 0.25) is 0 Å². The van der Waals surface area contributed by atoms with Gasteiger partial charge in [0.1, 0.15) is 11.4 Å². The Morgan fingerprint density at radius 3 is 2.63 bits per heavy atom. The summed E-state index contributed by atoms with van der Waals surface area (Å²) >= 11 is 0. The first kappa shape index (κ1) is 15.5. The fourth-order valence-corrected chi connectivity index (χ4v) is 2.08. The van der Waals surface area contributed by atoms with Gasteiger partial charge < -0.3 is 10.4 Å². The highest BCUT2D eigenvalue weighted by Crippen LogP contribution is 2.19. The molecule has 0 radical (unpaired) electrons. The maximum Gasteiger partial charge on any atom is 0.339 e. The molecular weight excluding hydrogens is 240 g/mol. The lowest BCUT2D eigenvalue weighted by atomic mass is 10.0. The normalized spacial score (nSPS) is 12.5. The molecule has 0 aliphatic heterocycles. The number of hydrogen-bond donors (Lipinski definition) is 2. The third-order valence-corrected chi connectivity index (χ3v) is 3.17. The molecule has 1 heterocycles. The zero-order valence-electron chi connectivity index (χ0n) is 12.2. The summed E-state index contributed by atoms with van der Waals surface area (Å²) in [6, 6.07) is 1.95. The van der Waals surface area contributed by atoms with Gasteiger partial charge in [-0.25, -0.2) is 9.78 Å². The molecule has 0 fully saturated rings. The number of aromatic carboxylic acids is 1. The predicted molar refractivity (Wildman–Crippen MR) is 77.7 cm³/mol. The van der Waals surface area contributed by atoms with Crippen molar-refractivity contribution >= 4 is 11.8 Å². The van der Waals surface area contributed by atoms with Crippen LogP contribution in [0.15, 0.2) is 12.3 Å². The lowest BCUT2D eigenvalue weighted by Crippen LogP contribution is -2.19. The fourth-order valence-electron chi connectivity index (χ4n) is 2.08. The van der Waals surface area contributed by atoms with E-state index in [1.54, 1.807) is 19.2 Å². The number of aryl methyl sites for hydroxylation is 1. The highest BCUT2D eigenvalue weighted by Gasteiger charge is 2.15. The average molecular weight is 264 g/mol. The maximum atomic E-state index is 11.2. The third kappa shape index (κ3) is 4.89. The van der Waals surface area contributed by atoms with Crippen LogP contribution in [0.1, 0.15) is 56.0 Å². The van der Waals surface area contributed by atoms with Crippen molar-refractivity contribution < 1.29 is 9.90 Å². The largest absolute Gasteiger partial charge is 0.478 e. The van der Waals surface area contributed by atoms with Gasteiger partial charge in [-0.3, -0.25) is 0 Å². The van der Waals surface area contributed by atoms with Crippen molar-refractivity contribution in [3.8, 4) is 0 Å². The van der Waals surface area contributed by atoms with Crippen molar-refractivity contribution in [2.75, 3.05) is 5.32 Å². The molecule has 1 rings (SSSR count). The van der Waals surface area contributed by atoms with Crippen LogP contribution in [0.3, 0.4) is 0 Å². The monoisotopic (exact) mass is 264 g/mol. The topological polar surface area (TPSA) is 62.2 Å². The highest BCUT2D eigenvalue weighted by atomic mass is 16.4. The lowest BCUT2D eigenvalue weighted by molar-refractivity contribution is 0.0697. The van der Waals surface area contributed by atoms with Gasteiger partial charge in [0.25, 0.3) is 0 Å². The molecule has 4 heteroatoms. The summed E-state index contributed by atoms with van der Waals surface area (Å²) in [7, 11) is 0. The van der Waals surface area contributed by atoms with Crippen LogP contribution in [0, 0.1) is 12.8 Å². The van der Waals surface area contributed by atoms with Crippen LogP contribution in [0.5, 0.6) is 0 Å². The van der Waals surface area contributed by atoms with Gasteiger partial charge in [-0.2, -0.15) is 0 Å². The number of aromatic nitrogens is 1. The Balaban J connectivity index is 2.66. The van der Waals surface area contributed by atoms with Crippen molar-refractivity contribution in [3.05, 3.63) is 23.4 Å². The average Bonchev–Trinajstić information content (AvgIpc) is 2.27. The van der Waals surface area contributed by atoms with Crippen LogP contribution in [0.4, 0.5) is 5.82 Å². The van der Waals surface area contributed by atoms with Gasteiger partial charge in [-0.15, -0.1) is 0 Å². The molecule has 0 spiro atoms. The van der Waals surface area contributed by atoms with Crippen molar-refractivity contribution in [3.63, 3.8) is 0 Å². The summed E-state index contributed by atoms with van der Waals surface area (Å²) in [5, 5.41) is 12.4. The van der Waals surface area contributed by atoms with Crippen LogP contribution >= 0.6 is 0 Å². The van der Waals surface area contributed by atoms with E-state index in [1.165, 1.54) is 6.42 Å². The third-order valence-electron chi connectivity index (χ3n) is 3.17. The molecule has 0 saturated carbocycles. The van der Waals surface area contributed by atoms with Crippen molar-refractivity contribution in [1.82, 2.24) is 4.98 Å². The van der Waals surface area contributed by atoms with Crippen molar-refractivity contribution in [2.45, 2.75) is 53.0 Å². The molecule has 0 amide bonds. The second kappa shape index (κ2) is 7.12. The SMILES string of the molecule is Cc1ccnc(NC(C)CCCC(C)C)c1C(=O)O. The Hall–Kier alpha value is -1.58. The summed E-state index contributed by atoms with van der Waals surface area (Å²) in [6.45, 7) is 8.28. The molecular formula is C15H24N2O2. The van der Waals surface area contributed by atoms with Gasteiger partial charge in [0.15, 0.2) is 0 Å². The van der Waals surface area contributed by atoms with Crippen LogP contribution in [-0.2, 0) is 0 Å². The van der Waals surface area contributed by atoms with E-state index in [4.69, 9.17) is 0 Å². The van der Waals surface area contributed by atoms with Gasteiger partial charge in [-0.05, 0) is 37.8 Å². The second-order valence-corrected chi connectivity index (χ2v) is 5.53. The number of rotatable bonds is 7. The van der Waals surface area contributed by atoms with E-state index in [-0.39, 0.29) is 11.6 Å². The first-order valence-electron chi connectivity index (χ1n) is 6.87.